The summed E-state index contributed by atoms with van der Waals surface area (Å²) in [6.07, 6.45) is 0.457. The fraction of sp³-hybridized carbons (Fsp3) is 0.286. The molecule has 2 atom stereocenters. The van der Waals surface area contributed by atoms with Crippen molar-refractivity contribution in [2.45, 2.75) is 32.4 Å². The Morgan fingerprint density at radius 3 is 2.73 bits per heavy atom. The first-order valence-corrected chi connectivity index (χ1v) is 8.73. The van der Waals surface area contributed by atoms with E-state index in [1.54, 1.807) is 7.11 Å². The third kappa shape index (κ3) is 2.56. The Morgan fingerprint density at radius 2 is 2.00 bits per heavy atom. The van der Waals surface area contributed by atoms with Crippen molar-refractivity contribution < 1.29 is 14.6 Å². The predicted molar refractivity (Wildman–Crippen MR) is 101 cm³/mol. The molecule has 3 N–H and O–H groups in total. The molecule has 0 saturated heterocycles. The van der Waals surface area contributed by atoms with E-state index >= 15 is 0 Å². The first-order valence-electron chi connectivity index (χ1n) is 8.73. The summed E-state index contributed by atoms with van der Waals surface area (Å²) in [6, 6.07) is 11.2. The highest BCUT2D eigenvalue weighted by molar-refractivity contribution is 5.87. The molecule has 26 heavy (non-hydrogen) atoms. The molecular weight excluding hydrogens is 328 g/mol. The second-order valence-corrected chi connectivity index (χ2v) is 6.96. The number of aromatic amines is 1. The Kier molecular flexibility index (Phi) is 3.96. The van der Waals surface area contributed by atoms with E-state index < -0.39 is 12.0 Å². The number of carboxylic acid groups (broad SMARTS) is 1. The lowest BCUT2D eigenvalue weighted by Gasteiger charge is -2.31. The van der Waals surface area contributed by atoms with Gasteiger partial charge in [0.1, 0.15) is 11.8 Å². The number of para-hydroxylation sites is 1. The number of nitrogens with one attached hydrogen (secondary N) is 2. The van der Waals surface area contributed by atoms with Gasteiger partial charge in [-0.2, -0.15) is 0 Å². The number of ether oxygens (including phenoxy) is 1. The van der Waals surface area contributed by atoms with Gasteiger partial charge in [0.15, 0.2) is 0 Å². The van der Waals surface area contributed by atoms with E-state index in [0.29, 0.717) is 6.42 Å². The van der Waals surface area contributed by atoms with Gasteiger partial charge in [-0.1, -0.05) is 24.3 Å². The van der Waals surface area contributed by atoms with E-state index in [1.807, 2.05) is 44.2 Å². The quantitative estimate of drug-likeness (QED) is 0.676. The van der Waals surface area contributed by atoms with E-state index in [4.69, 9.17) is 4.74 Å². The molecule has 2 unspecified atom stereocenters. The number of hydrogen-bond acceptors (Lipinski definition) is 3. The lowest BCUT2D eigenvalue weighted by atomic mass is 9.87. The van der Waals surface area contributed by atoms with Gasteiger partial charge in [0, 0.05) is 28.6 Å². The molecule has 3 aromatic rings. The Balaban J connectivity index is 1.96. The van der Waals surface area contributed by atoms with Crippen LogP contribution in [0.3, 0.4) is 0 Å². The van der Waals surface area contributed by atoms with Crippen LogP contribution in [0.5, 0.6) is 5.75 Å². The van der Waals surface area contributed by atoms with Crippen LogP contribution in [-0.2, 0) is 11.2 Å². The highest BCUT2D eigenvalue weighted by Gasteiger charge is 2.35. The van der Waals surface area contributed by atoms with Crippen LogP contribution >= 0.6 is 0 Å². The van der Waals surface area contributed by atoms with E-state index in [2.05, 4.69) is 16.4 Å². The van der Waals surface area contributed by atoms with Gasteiger partial charge in [0.25, 0.3) is 0 Å². The topological polar surface area (TPSA) is 74.3 Å². The number of H-pyrrole nitrogens is 1. The number of fused-ring (bicyclic) bond motifs is 3. The predicted octanol–water partition coefficient (Wildman–Crippen LogP) is 3.48. The SMILES string of the molecule is COc1cc(C)cc(C)c1C1NC(C(=O)O)Cc2c1[nH]c1ccccc21. The van der Waals surface area contributed by atoms with E-state index in [9.17, 15) is 9.90 Å². The minimum absolute atomic E-state index is 0.261. The molecule has 0 amide bonds. The molecule has 5 nitrogen and oxygen atoms in total. The standard InChI is InChI=1S/C21H22N2O3/c1-11-8-12(2)18(17(9-11)26-3)20-19-14(10-16(23-20)21(24)25)13-6-4-5-7-15(13)22-19/h4-9,16,20,22-23H,10H2,1-3H3,(H,24,25). The smallest absolute Gasteiger partial charge is 0.321 e. The number of rotatable bonds is 3. The molecule has 0 bridgehead atoms. The fourth-order valence-electron chi connectivity index (χ4n) is 4.10. The van der Waals surface area contributed by atoms with Gasteiger partial charge in [0.2, 0.25) is 0 Å². The van der Waals surface area contributed by atoms with E-state index in [-0.39, 0.29) is 6.04 Å². The number of aliphatic carboxylic acids is 1. The van der Waals surface area contributed by atoms with Crippen LogP contribution in [-0.4, -0.2) is 29.2 Å². The van der Waals surface area contributed by atoms with Crippen molar-refractivity contribution in [2.75, 3.05) is 7.11 Å². The van der Waals surface area contributed by atoms with Crippen LogP contribution in [0.1, 0.15) is 34.0 Å². The van der Waals surface area contributed by atoms with Crippen LogP contribution in [0.2, 0.25) is 0 Å². The molecule has 4 rings (SSSR count). The Labute approximate surface area is 152 Å². The maximum atomic E-state index is 11.8. The molecule has 5 heteroatoms. The van der Waals surface area contributed by atoms with Crippen LogP contribution in [0.25, 0.3) is 10.9 Å². The zero-order valence-electron chi connectivity index (χ0n) is 15.1. The summed E-state index contributed by atoms with van der Waals surface area (Å²) >= 11 is 0. The fourth-order valence-corrected chi connectivity index (χ4v) is 4.10. The first kappa shape index (κ1) is 16.7. The molecule has 0 spiro atoms. The molecule has 2 heterocycles. The van der Waals surface area contributed by atoms with Gasteiger partial charge in [0.05, 0.1) is 13.2 Å². The molecule has 1 aromatic heterocycles. The van der Waals surface area contributed by atoms with Crippen molar-refractivity contribution in [1.82, 2.24) is 10.3 Å². The highest BCUT2D eigenvalue weighted by Crippen LogP contribution is 2.40. The van der Waals surface area contributed by atoms with Gasteiger partial charge in [-0.3, -0.25) is 10.1 Å². The second-order valence-electron chi connectivity index (χ2n) is 6.96. The lowest BCUT2D eigenvalue weighted by Crippen LogP contribution is -2.45. The maximum absolute atomic E-state index is 11.8. The summed E-state index contributed by atoms with van der Waals surface area (Å²) in [5, 5.41) is 14.1. The van der Waals surface area contributed by atoms with E-state index in [1.165, 1.54) is 0 Å². The number of benzene rings is 2. The lowest BCUT2D eigenvalue weighted by molar-refractivity contribution is -0.139. The Morgan fingerprint density at radius 1 is 1.23 bits per heavy atom. The summed E-state index contributed by atoms with van der Waals surface area (Å²) in [6.45, 7) is 4.07. The van der Waals surface area contributed by atoms with Crippen molar-refractivity contribution in [2.24, 2.45) is 0 Å². The molecule has 0 aliphatic carbocycles. The monoisotopic (exact) mass is 350 g/mol. The Hall–Kier alpha value is -2.79. The van der Waals surface area contributed by atoms with Crippen molar-refractivity contribution in [3.63, 3.8) is 0 Å². The third-order valence-electron chi connectivity index (χ3n) is 5.21. The number of carbonyl (C=O) groups is 1. The van der Waals surface area contributed by atoms with Crippen LogP contribution in [0, 0.1) is 13.8 Å². The summed E-state index contributed by atoms with van der Waals surface area (Å²) in [5.41, 5.74) is 6.30. The Bertz CT molecular complexity index is 1010. The zero-order valence-corrected chi connectivity index (χ0v) is 15.1. The number of carboxylic acids is 1. The average Bonchev–Trinajstić information content (AvgIpc) is 2.99. The van der Waals surface area contributed by atoms with Crippen LogP contribution < -0.4 is 10.1 Å². The van der Waals surface area contributed by atoms with Gasteiger partial charge in [-0.05, 0) is 42.7 Å². The van der Waals surface area contributed by atoms with Crippen molar-refractivity contribution >= 4 is 16.9 Å². The largest absolute Gasteiger partial charge is 0.496 e. The first-order chi connectivity index (χ1) is 12.5. The molecule has 1 aliphatic rings. The highest BCUT2D eigenvalue weighted by atomic mass is 16.5. The molecule has 2 aromatic carbocycles. The van der Waals surface area contributed by atoms with Crippen LogP contribution in [0.4, 0.5) is 0 Å². The van der Waals surface area contributed by atoms with Gasteiger partial charge >= 0.3 is 5.97 Å². The number of aromatic nitrogens is 1. The minimum Gasteiger partial charge on any atom is -0.496 e. The van der Waals surface area contributed by atoms with Gasteiger partial charge < -0.3 is 14.8 Å². The molecule has 0 saturated carbocycles. The maximum Gasteiger partial charge on any atom is 0.321 e. The average molecular weight is 350 g/mol. The van der Waals surface area contributed by atoms with Crippen molar-refractivity contribution in [1.29, 1.82) is 0 Å². The summed E-state index contributed by atoms with van der Waals surface area (Å²) in [4.78, 5) is 15.3. The minimum atomic E-state index is -0.838. The van der Waals surface area contributed by atoms with Crippen LogP contribution in [0.15, 0.2) is 36.4 Å². The number of hydrogen-bond donors (Lipinski definition) is 3. The molecule has 1 aliphatic heterocycles. The van der Waals surface area contributed by atoms with E-state index in [0.717, 1.165) is 44.6 Å². The third-order valence-corrected chi connectivity index (χ3v) is 5.21. The summed E-state index contributed by atoms with van der Waals surface area (Å²) < 4.78 is 5.64. The van der Waals surface area contributed by atoms with Gasteiger partial charge in [-0.25, -0.2) is 0 Å². The molecule has 0 radical (unpaired) electrons. The normalized spacial score (nSPS) is 19.3. The number of aryl methyl sites for hydroxylation is 2. The molecule has 0 fully saturated rings. The summed E-state index contributed by atoms with van der Waals surface area (Å²) in [5.74, 6) is -0.0645. The molecular formula is C21H22N2O3. The van der Waals surface area contributed by atoms with Gasteiger partial charge in [-0.15, -0.1) is 0 Å². The molecule has 134 valence electrons. The van der Waals surface area contributed by atoms with Crippen molar-refractivity contribution in [3.8, 4) is 5.75 Å². The zero-order chi connectivity index (χ0) is 18.4. The summed E-state index contributed by atoms with van der Waals surface area (Å²) in [7, 11) is 1.65. The van der Waals surface area contributed by atoms with Crippen molar-refractivity contribution in [3.05, 3.63) is 64.3 Å². The second kappa shape index (κ2) is 6.18. The number of methoxy groups -OCH3 is 1.